The number of hydrogen-bond acceptors (Lipinski definition) is 3. The van der Waals surface area contributed by atoms with Gasteiger partial charge >= 0.3 is 0 Å². The maximum absolute atomic E-state index is 5.78. The van der Waals surface area contributed by atoms with Crippen LogP contribution >= 0.6 is 11.6 Å². The first kappa shape index (κ1) is 10.9. The third-order valence-corrected chi connectivity index (χ3v) is 2.42. The molecule has 0 aliphatic rings. The van der Waals surface area contributed by atoms with Crippen LogP contribution in [0.5, 0.6) is 0 Å². The fourth-order valence-electron chi connectivity index (χ4n) is 1.40. The molecule has 0 amide bonds. The summed E-state index contributed by atoms with van der Waals surface area (Å²) in [4.78, 5) is 8.15. The van der Waals surface area contributed by atoms with Gasteiger partial charge < -0.3 is 5.32 Å². The predicted molar refractivity (Wildman–Crippen MR) is 66.1 cm³/mol. The van der Waals surface area contributed by atoms with E-state index in [9.17, 15) is 0 Å². The molecule has 0 fully saturated rings. The van der Waals surface area contributed by atoms with Crippen molar-refractivity contribution in [1.82, 2.24) is 9.97 Å². The molecule has 1 aromatic carbocycles. The van der Waals surface area contributed by atoms with E-state index in [4.69, 9.17) is 11.6 Å². The van der Waals surface area contributed by atoms with Crippen LogP contribution in [0.2, 0.25) is 5.15 Å². The molecule has 0 saturated carbocycles. The quantitative estimate of drug-likeness (QED) is 0.826. The molecule has 82 valence electrons. The smallest absolute Gasteiger partial charge is 0.228 e. The highest BCUT2D eigenvalue weighted by atomic mass is 35.5. The number of rotatable bonds is 3. The van der Waals surface area contributed by atoms with Crippen molar-refractivity contribution in [2.45, 2.75) is 13.3 Å². The Morgan fingerprint density at radius 1 is 1.31 bits per heavy atom. The Morgan fingerprint density at radius 3 is 2.94 bits per heavy atom. The summed E-state index contributed by atoms with van der Waals surface area (Å²) in [5.74, 6) is 0.515. The van der Waals surface area contributed by atoms with Gasteiger partial charge in [0.15, 0.2) is 0 Å². The average Bonchev–Trinajstić information content (AvgIpc) is 2.29. The van der Waals surface area contributed by atoms with Crippen molar-refractivity contribution in [3.05, 3.63) is 47.2 Å². The minimum absolute atomic E-state index is 0.434. The molecule has 0 aliphatic heterocycles. The van der Waals surface area contributed by atoms with E-state index in [0.717, 1.165) is 12.1 Å². The lowest BCUT2D eigenvalue weighted by Crippen LogP contribution is -1.96. The number of benzene rings is 1. The summed E-state index contributed by atoms with van der Waals surface area (Å²) >= 11 is 5.78. The summed E-state index contributed by atoms with van der Waals surface area (Å²) < 4.78 is 0. The van der Waals surface area contributed by atoms with Crippen LogP contribution in [-0.2, 0) is 6.42 Å². The lowest BCUT2D eigenvalue weighted by atomic mass is 10.1. The molecule has 1 aromatic heterocycles. The zero-order valence-electron chi connectivity index (χ0n) is 8.94. The van der Waals surface area contributed by atoms with Crippen molar-refractivity contribution in [3.63, 3.8) is 0 Å². The molecule has 0 aliphatic carbocycles. The van der Waals surface area contributed by atoms with Crippen LogP contribution in [0, 0.1) is 0 Å². The summed E-state index contributed by atoms with van der Waals surface area (Å²) in [5.41, 5.74) is 2.24. The van der Waals surface area contributed by atoms with Crippen LogP contribution < -0.4 is 5.32 Å². The summed E-state index contributed by atoms with van der Waals surface area (Å²) in [6, 6.07) is 9.79. The van der Waals surface area contributed by atoms with E-state index in [1.54, 1.807) is 12.3 Å². The van der Waals surface area contributed by atoms with Crippen LogP contribution in [0.4, 0.5) is 11.6 Å². The molecule has 2 aromatic rings. The number of aryl methyl sites for hydroxylation is 1. The van der Waals surface area contributed by atoms with Gasteiger partial charge in [0.1, 0.15) is 5.15 Å². The Bertz CT molecular complexity index is 485. The van der Waals surface area contributed by atoms with E-state index in [-0.39, 0.29) is 0 Å². The number of halogens is 1. The van der Waals surface area contributed by atoms with Gasteiger partial charge in [-0.15, -0.1) is 0 Å². The van der Waals surface area contributed by atoms with Gasteiger partial charge in [-0.3, -0.25) is 0 Å². The highest BCUT2D eigenvalue weighted by Crippen LogP contribution is 2.15. The van der Waals surface area contributed by atoms with Gasteiger partial charge in [0, 0.05) is 11.9 Å². The van der Waals surface area contributed by atoms with Gasteiger partial charge in [-0.25, -0.2) is 9.97 Å². The Kier molecular flexibility index (Phi) is 3.37. The number of nitrogens with zero attached hydrogens (tertiary/aromatic N) is 2. The summed E-state index contributed by atoms with van der Waals surface area (Å²) in [7, 11) is 0. The van der Waals surface area contributed by atoms with Crippen molar-refractivity contribution >= 4 is 23.2 Å². The van der Waals surface area contributed by atoms with Gasteiger partial charge in [0.2, 0.25) is 5.95 Å². The van der Waals surface area contributed by atoms with Gasteiger partial charge in [-0.1, -0.05) is 30.7 Å². The lowest BCUT2D eigenvalue weighted by Gasteiger charge is -2.05. The fraction of sp³-hybridized carbons (Fsp3) is 0.167. The van der Waals surface area contributed by atoms with Crippen LogP contribution in [-0.4, -0.2) is 9.97 Å². The van der Waals surface area contributed by atoms with Crippen LogP contribution in [0.3, 0.4) is 0 Å². The number of nitrogens with one attached hydrogen (secondary N) is 1. The number of aromatic nitrogens is 2. The van der Waals surface area contributed by atoms with Crippen LogP contribution in [0.25, 0.3) is 0 Å². The minimum atomic E-state index is 0.434. The van der Waals surface area contributed by atoms with Gasteiger partial charge in [0.25, 0.3) is 0 Å². The Hall–Kier alpha value is -1.61. The fourth-order valence-corrected chi connectivity index (χ4v) is 1.53. The standard InChI is InChI=1S/C12H12ClN3/c1-2-9-4-3-5-10(8-9)15-12-14-7-6-11(13)16-12/h3-8H,2H2,1H3,(H,14,15,16). The highest BCUT2D eigenvalue weighted by molar-refractivity contribution is 6.29. The largest absolute Gasteiger partial charge is 0.324 e. The minimum Gasteiger partial charge on any atom is -0.324 e. The normalized spacial score (nSPS) is 10.1. The number of anilines is 2. The van der Waals surface area contributed by atoms with E-state index < -0.39 is 0 Å². The second-order valence-electron chi connectivity index (χ2n) is 3.38. The number of hydrogen-bond donors (Lipinski definition) is 1. The maximum Gasteiger partial charge on any atom is 0.228 e. The zero-order chi connectivity index (χ0) is 11.4. The SMILES string of the molecule is CCc1cccc(Nc2nccc(Cl)n2)c1. The molecule has 1 heterocycles. The molecule has 1 N–H and O–H groups in total. The Labute approximate surface area is 99.5 Å². The molecule has 16 heavy (non-hydrogen) atoms. The van der Waals surface area contributed by atoms with Crippen molar-refractivity contribution in [3.8, 4) is 0 Å². The second kappa shape index (κ2) is 4.94. The molecule has 0 atom stereocenters. The first-order valence-corrected chi connectivity index (χ1v) is 5.50. The molecule has 4 heteroatoms. The summed E-state index contributed by atoms with van der Waals surface area (Å²) in [6.45, 7) is 2.12. The third-order valence-electron chi connectivity index (χ3n) is 2.21. The summed E-state index contributed by atoms with van der Waals surface area (Å²) in [5, 5.41) is 3.55. The van der Waals surface area contributed by atoms with Crippen LogP contribution in [0.1, 0.15) is 12.5 Å². The van der Waals surface area contributed by atoms with Crippen molar-refractivity contribution in [1.29, 1.82) is 0 Å². The molecular weight excluding hydrogens is 222 g/mol. The molecule has 0 bridgehead atoms. The predicted octanol–water partition coefficient (Wildman–Crippen LogP) is 3.44. The summed E-state index contributed by atoms with van der Waals surface area (Å²) in [6.07, 6.45) is 2.63. The van der Waals surface area contributed by atoms with E-state index in [1.165, 1.54) is 5.56 Å². The molecule has 2 rings (SSSR count). The van der Waals surface area contributed by atoms with Gasteiger partial charge in [-0.2, -0.15) is 0 Å². The first-order valence-electron chi connectivity index (χ1n) is 5.12. The molecule has 0 saturated heterocycles. The topological polar surface area (TPSA) is 37.8 Å². The monoisotopic (exact) mass is 233 g/mol. The first-order chi connectivity index (χ1) is 7.78. The maximum atomic E-state index is 5.78. The molecular formula is C12H12ClN3. The lowest BCUT2D eigenvalue weighted by molar-refractivity contribution is 1.13. The average molecular weight is 234 g/mol. The Morgan fingerprint density at radius 2 is 2.19 bits per heavy atom. The molecule has 3 nitrogen and oxygen atoms in total. The second-order valence-corrected chi connectivity index (χ2v) is 3.77. The van der Waals surface area contributed by atoms with Gasteiger partial charge in [-0.05, 0) is 30.2 Å². The third kappa shape index (κ3) is 2.70. The van der Waals surface area contributed by atoms with Crippen LogP contribution in [0.15, 0.2) is 36.5 Å². The van der Waals surface area contributed by atoms with Crippen molar-refractivity contribution < 1.29 is 0 Å². The van der Waals surface area contributed by atoms with Gasteiger partial charge in [0.05, 0.1) is 0 Å². The van der Waals surface area contributed by atoms with E-state index in [0.29, 0.717) is 11.1 Å². The van der Waals surface area contributed by atoms with E-state index >= 15 is 0 Å². The van der Waals surface area contributed by atoms with Crippen molar-refractivity contribution in [2.24, 2.45) is 0 Å². The van der Waals surface area contributed by atoms with E-state index in [1.807, 2.05) is 12.1 Å². The highest BCUT2D eigenvalue weighted by Gasteiger charge is 1.98. The van der Waals surface area contributed by atoms with E-state index in [2.05, 4.69) is 34.3 Å². The zero-order valence-corrected chi connectivity index (χ0v) is 9.70. The molecule has 0 radical (unpaired) electrons. The molecule has 0 spiro atoms. The molecule has 0 unspecified atom stereocenters. The Balaban J connectivity index is 2.20. The van der Waals surface area contributed by atoms with Crippen molar-refractivity contribution in [2.75, 3.05) is 5.32 Å².